The fourth-order valence-electron chi connectivity index (χ4n) is 3.67. The predicted octanol–water partition coefficient (Wildman–Crippen LogP) is 3.54. The van der Waals surface area contributed by atoms with E-state index in [1.807, 2.05) is 6.92 Å². The van der Waals surface area contributed by atoms with Crippen LogP contribution in [-0.4, -0.2) is 52.4 Å². The van der Waals surface area contributed by atoms with Crippen LogP contribution in [0.3, 0.4) is 0 Å². The number of benzene rings is 2. The lowest BCUT2D eigenvalue weighted by atomic mass is 10.1. The molecule has 3 rings (SSSR count). The Balaban J connectivity index is 1.59. The smallest absolute Gasteiger partial charge is 0.273 e. The third-order valence-electron chi connectivity index (χ3n) is 5.47. The van der Waals surface area contributed by atoms with Crippen LogP contribution < -0.4 is 4.74 Å². The highest BCUT2D eigenvalue weighted by Crippen LogP contribution is 2.24. The van der Waals surface area contributed by atoms with Gasteiger partial charge >= 0.3 is 0 Å². The van der Waals surface area contributed by atoms with Crippen LogP contribution >= 0.6 is 0 Å². The molecule has 0 radical (unpaired) electrons. The molecule has 0 N–H and O–H groups in total. The van der Waals surface area contributed by atoms with Gasteiger partial charge in [0.25, 0.3) is 11.6 Å². The summed E-state index contributed by atoms with van der Waals surface area (Å²) in [4.78, 5) is 27.3. The summed E-state index contributed by atoms with van der Waals surface area (Å²) in [6, 6.07) is 10.9. The van der Waals surface area contributed by atoms with Crippen LogP contribution in [0.2, 0.25) is 0 Å². The van der Waals surface area contributed by atoms with Crippen LogP contribution in [0.25, 0.3) is 0 Å². The van der Waals surface area contributed by atoms with Gasteiger partial charge in [-0.1, -0.05) is 12.1 Å². The minimum absolute atomic E-state index is 0.0102. The van der Waals surface area contributed by atoms with Crippen molar-refractivity contribution in [3.05, 3.63) is 69.5 Å². The Bertz CT molecular complexity index is 919. The molecule has 2 unspecified atom stereocenters. The van der Waals surface area contributed by atoms with Crippen molar-refractivity contribution in [1.82, 2.24) is 9.80 Å². The second-order valence-corrected chi connectivity index (χ2v) is 7.80. The molecule has 8 heteroatoms. The molecule has 1 amide bonds. The summed E-state index contributed by atoms with van der Waals surface area (Å²) in [6.45, 7) is 7.59. The summed E-state index contributed by atoms with van der Waals surface area (Å²) >= 11 is 0. The maximum absolute atomic E-state index is 13.1. The monoisotopic (exact) mass is 415 g/mol. The van der Waals surface area contributed by atoms with Gasteiger partial charge in [0.15, 0.2) is 6.61 Å². The zero-order valence-electron chi connectivity index (χ0n) is 17.4. The average molecular weight is 415 g/mol. The molecule has 2 atom stereocenters. The largest absolute Gasteiger partial charge is 0.483 e. The van der Waals surface area contributed by atoms with Gasteiger partial charge < -0.3 is 9.64 Å². The van der Waals surface area contributed by atoms with Gasteiger partial charge in [-0.25, -0.2) is 4.39 Å². The van der Waals surface area contributed by atoms with Crippen molar-refractivity contribution < 1.29 is 18.8 Å². The number of hydrogen-bond donors (Lipinski definition) is 0. The lowest BCUT2D eigenvalue weighted by molar-refractivity contribution is -0.384. The zero-order valence-corrected chi connectivity index (χ0v) is 17.4. The Labute approximate surface area is 175 Å². The summed E-state index contributed by atoms with van der Waals surface area (Å²) in [5, 5.41) is 11.0. The van der Waals surface area contributed by atoms with Gasteiger partial charge in [-0.2, -0.15) is 0 Å². The number of non-ortho nitro benzene ring substituents is 1. The molecule has 30 heavy (non-hydrogen) atoms. The fraction of sp³-hybridized carbons (Fsp3) is 0.409. The van der Waals surface area contributed by atoms with Gasteiger partial charge in [0.2, 0.25) is 0 Å². The van der Waals surface area contributed by atoms with E-state index in [9.17, 15) is 19.3 Å². The summed E-state index contributed by atoms with van der Waals surface area (Å²) in [6.07, 6.45) is 0. The van der Waals surface area contributed by atoms with Crippen molar-refractivity contribution in [2.24, 2.45) is 0 Å². The van der Waals surface area contributed by atoms with Crippen molar-refractivity contribution in [3.8, 4) is 5.75 Å². The highest BCUT2D eigenvalue weighted by Gasteiger charge is 2.32. The number of carbonyl (C=O) groups is 1. The standard InChI is InChI=1S/C22H26FN3O4/c1-15-4-9-20(26(28)29)10-21(15)30-14-22(27)25-12-16(2)24(11-17(25)3)13-18-5-7-19(23)8-6-18/h4-10,16-17H,11-14H2,1-3H3. The Morgan fingerprint density at radius 1 is 1.17 bits per heavy atom. The highest BCUT2D eigenvalue weighted by atomic mass is 19.1. The first kappa shape index (κ1) is 21.7. The molecule has 0 aliphatic carbocycles. The lowest BCUT2D eigenvalue weighted by Gasteiger charge is -2.44. The van der Waals surface area contributed by atoms with Crippen LogP contribution in [0.5, 0.6) is 5.75 Å². The molecule has 1 aliphatic heterocycles. The topological polar surface area (TPSA) is 75.9 Å². The van der Waals surface area contributed by atoms with E-state index in [-0.39, 0.29) is 36.1 Å². The van der Waals surface area contributed by atoms with Gasteiger partial charge in [-0.3, -0.25) is 19.8 Å². The number of nitro groups is 1. The molecule has 2 aromatic rings. The Morgan fingerprint density at radius 3 is 2.53 bits per heavy atom. The normalized spacial score (nSPS) is 19.5. The van der Waals surface area contributed by atoms with E-state index < -0.39 is 4.92 Å². The molecule has 0 spiro atoms. The molecule has 2 aromatic carbocycles. The number of carbonyl (C=O) groups excluding carboxylic acids is 1. The number of amides is 1. The van der Waals surface area contributed by atoms with E-state index in [0.29, 0.717) is 25.4 Å². The maximum Gasteiger partial charge on any atom is 0.273 e. The molecule has 0 aromatic heterocycles. The molecular weight excluding hydrogens is 389 g/mol. The van der Waals surface area contributed by atoms with Gasteiger partial charge in [0, 0.05) is 37.8 Å². The molecule has 160 valence electrons. The molecule has 1 fully saturated rings. The lowest BCUT2D eigenvalue weighted by Crippen LogP contribution is -2.58. The van der Waals surface area contributed by atoms with Crippen LogP contribution in [0.1, 0.15) is 25.0 Å². The Morgan fingerprint density at radius 2 is 1.87 bits per heavy atom. The van der Waals surface area contributed by atoms with Crippen molar-refractivity contribution in [1.29, 1.82) is 0 Å². The van der Waals surface area contributed by atoms with E-state index in [1.165, 1.54) is 24.3 Å². The number of rotatable bonds is 6. The SMILES string of the molecule is Cc1ccc([N+](=O)[O-])cc1OCC(=O)N1CC(C)N(Cc2ccc(F)cc2)CC1C. The van der Waals surface area contributed by atoms with Crippen molar-refractivity contribution in [2.75, 3.05) is 19.7 Å². The average Bonchev–Trinajstić information content (AvgIpc) is 2.71. The predicted molar refractivity (Wildman–Crippen MR) is 111 cm³/mol. The Kier molecular flexibility index (Phi) is 6.66. The van der Waals surface area contributed by atoms with Crippen LogP contribution in [0.4, 0.5) is 10.1 Å². The number of piperazine rings is 1. The molecular formula is C22H26FN3O4. The molecule has 0 bridgehead atoms. The van der Waals surface area contributed by atoms with Crippen molar-refractivity contribution >= 4 is 11.6 Å². The maximum atomic E-state index is 13.1. The number of ether oxygens (including phenoxy) is 1. The van der Waals surface area contributed by atoms with Crippen molar-refractivity contribution in [2.45, 2.75) is 39.4 Å². The molecule has 0 saturated carbocycles. The van der Waals surface area contributed by atoms with Crippen LogP contribution in [0.15, 0.2) is 42.5 Å². The number of aryl methyl sites for hydroxylation is 1. The molecule has 1 aliphatic rings. The second kappa shape index (κ2) is 9.21. The van der Waals surface area contributed by atoms with E-state index >= 15 is 0 Å². The second-order valence-electron chi connectivity index (χ2n) is 7.80. The summed E-state index contributed by atoms with van der Waals surface area (Å²) in [5.74, 6) is -0.0653. The first-order valence-corrected chi connectivity index (χ1v) is 9.90. The van der Waals surface area contributed by atoms with Gasteiger partial charge in [0.05, 0.1) is 11.0 Å². The fourth-order valence-corrected chi connectivity index (χ4v) is 3.67. The number of nitrogens with zero attached hydrogens (tertiary/aromatic N) is 3. The van der Waals surface area contributed by atoms with E-state index in [4.69, 9.17) is 4.74 Å². The number of nitro benzene ring substituents is 1. The van der Waals surface area contributed by atoms with Gasteiger partial charge in [-0.15, -0.1) is 0 Å². The first-order valence-electron chi connectivity index (χ1n) is 9.90. The third kappa shape index (κ3) is 5.13. The number of hydrogen-bond acceptors (Lipinski definition) is 5. The molecule has 7 nitrogen and oxygen atoms in total. The summed E-state index contributed by atoms with van der Waals surface area (Å²) < 4.78 is 18.7. The molecule has 1 heterocycles. The first-order chi connectivity index (χ1) is 14.2. The minimum Gasteiger partial charge on any atom is -0.483 e. The summed E-state index contributed by atoms with van der Waals surface area (Å²) in [5.41, 5.74) is 1.69. The quantitative estimate of drug-likeness (QED) is 0.533. The Hall–Kier alpha value is -3.00. The zero-order chi connectivity index (χ0) is 21.8. The van der Waals surface area contributed by atoms with Gasteiger partial charge in [0.1, 0.15) is 11.6 Å². The van der Waals surface area contributed by atoms with Gasteiger partial charge in [-0.05, 0) is 50.1 Å². The van der Waals surface area contributed by atoms with E-state index in [2.05, 4.69) is 11.8 Å². The number of halogens is 1. The molecule has 1 saturated heterocycles. The van der Waals surface area contributed by atoms with E-state index in [0.717, 1.165) is 11.1 Å². The van der Waals surface area contributed by atoms with E-state index in [1.54, 1.807) is 30.0 Å². The van der Waals surface area contributed by atoms with Crippen molar-refractivity contribution in [3.63, 3.8) is 0 Å². The minimum atomic E-state index is -0.488. The van der Waals surface area contributed by atoms with Crippen LogP contribution in [0, 0.1) is 22.9 Å². The highest BCUT2D eigenvalue weighted by molar-refractivity contribution is 5.78. The summed E-state index contributed by atoms with van der Waals surface area (Å²) in [7, 11) is 0. The van der Waals surface area contributed by atoms with Crippen LogP contribution in [-0.2, 0) is 11.3 Å². The third-order valence-corrected chi connectivity index (χ3v) is 5.47.